The molecule has 1 fully saturated rings. The quantitative estimate of drug-likeness (QED) is 0.840. The van der Waals surface area contributed by atoms with Crippen molar-refractivity contribution in [2.75, 3.05) is 0 Å². The Morgan fingerprint density at radius 1 is 1.20 bits per heavy atom. The third-order valence-corrected chi connectivity index (χ3v) is 3.09. The summed E-state index contributed by atoms with van der Waals surface area (Å²) in [6, 6.07) is 7.39. The number of rotatable bonds is 2. The fourth-order valence-corrected chi connectivity index (χ4v) is 2.10. The van der Waals surface area contributed by atoms with Crippen LogP contribution in [0.5, 0.6) is 5.75 Å². The van der Waals surface area contributed by atoms with Gasteiger partial charge in [0.2, 0.25) is 0 Å². The summed E-state index contributed by atoms with van der Waals surface area (Å²) in [5.41, 5.74) is 0. The van der Waals surface area contributed by atoms with E-state index in [1.54, 1.807) is 6.07 Å². The molecule has 2 nitrogen and oxygen atoms in total. The van der Waals surface area contributed by atoms with Crippen molar-refractivity contribution in [3.63, 3.8) is 0 Å². The second kappa shape index (κ2) is 4.86. The number of hydrogen-bond acceptors (Lipinski definition) is 2. The lowest BCUT2D eigenvalue weighted by Gasteiger charge is -2.28. The van der Waals surface area contributed by atoms with Gasteiger partial charge in [-0.3, -0.25) is 0 Å². The molecule has 0 bridgehead atoms. The van der Waals surface area contributed by atoms with Crippen molar-refractivity contribution in [2.45, 2.75) is 37.9 Å². The predicted octanol–water partition coefficient (Wildman–Crippen LogP) is 3.02. The second-order valence-electron chi connectivity index (χ2n) is 3.94. The van der Waals surface area contributed by atoms with Crippen molar-refractivity contribution in [1.82, 2.24) is 0 Å². The maximum Gasteiger partial charge on any atom is 0.138 e. The molecule has 2 atom stereocenters. The summed E-state index contributed by atoms with van der Waals surface area (Å²) in [5.74, 6) is 0.671. The zero-order valence-electron chi connectivity index (χ0n) is 8.53. The van der Waals surface area contributed by atoms with Crippen molar-refractivity contribution in [3.8, 4) is 5.75 Å². The smallest absolute Gasteiger partial charge is 0.138 e. The summed E-state index contributed by atoms with van der Waals surface area (Å²) in [6.07, 6.45) is 3.49. The van der Waals surface area contributed by atoms with Gasteiger partial charge in [-0.15, -0.1) is 0 Å². The molecule has 0 aliphatic heterocycles. The molecule has 0 unspecified atom stereocenters. The minimum Gasteiger partial charge on any atom is -0.486 e. The van der Waals surface area contributed by atoms with E-state index in [4.69, 9.17) is 16.3 Å². The molecule has 0 spiro atoms. The molecule has 0 radical (unpaired) electrons. The Balaban J connectivity index is 2.04. The fourth-order valence-electron chi connectivity index (χ4n) is 1.92. The Kier molecular flexibility index (Phi) is 3.49. The molecule has 1 aliphatic carbocycles. The van der Waals surface area contributed by atoms with Crippen molar-refractivity contribution < 1.29 is 9.84 Å². The molecule has 82 valence electrons. The molecule has 3 heteroatoms. The summed E-state index contributed by atoms with van der Waals surface area (Å²) in [5, 5.41) is 10.4. The van der Waals surface area contributed by atoms with Gasteiger partial charge in [0.15, 0.2) is 0 Å². The lowest BCUT2D eigenvalue weighted by molar-refractivity contribution is 0.00693. The van der Waals surface area contributed by atoms with Gasteiger partial charge in [0.05, 0.1) is 11.1 Å². The number of aliphatic hydroxyl groups excluding tert-OH is 1. The summed E-state index contributed by atoms with van der Waals surface area (Å²) < 4.78 is 5.72. The van der Waals surface area contributed by atoms with E-state index >= 15 is 0 Å². The lowest BCUT2D eigenvalue weighted by Crippen LogP contribution is -2.34. The van der Waals surface area contributed by atoms with E-state index in [0.29, 0.717) is 10.8 Å². The number of hydrogen-bond donors (Lipinski definition) is 1. The van der Waals surface area contributed by atoms with Crippen LogP contribution in [0.3, 0.4) is 0 Å². The van der Waals surface area contributed by atoms with Crippen molar-refractivity contribution in [1.29, 1.82) is 0 Å². The highest BCUT2D eigenvalue weighted by atomic mass is 35.5. The molecule has 1 aromatic rings. The van der Waals surface area contributed by atoms with Crippen LogP contribution < -0.4 is 4.74 Å². The van der Waals surface area contributed by atoms with Crippen LogP contribution in [0.15, 0.2) is 24.3 Å². The van der Waals surface area contributed by atoms with Crippen LogP contribution in [0.2, 0.25) is 5.02 Å². The Morgan fingerprint density at radius 2 is 1.93 bits per heavy atom. The number of para-hydroxylation sites is 1. The third kappa shape index (κ3) is 2.64. The summed E-state index contributed by atoms with van der Waals surface area (Å²) >= 11 is 5.98. The van der Waals surface area contributed by atoms with Gasteiger partial charge in [-0.05, 0) is 31.4 Å². The first-order chi connectivity index (χ1) is 7.27. The van der Waals surface area contributed by atoms with Crippen LogP contribution in [0.4, 0.5) is 0 Å². The standard InChI is InChI=1S/C12H15ClO2/c13-9-5-1-3-7-11(9)15-12-8-4-2-6-10(12)14/h1,3,5,7,10,12,14H,2,4,6,8H2/t10-,12-/m0/s1. The summed E-state index contributed by atoms with van der Waals surface area (Å²) in [6.45, 7) is 0. The van der Waals surface area contributed by atoms with Crippen LogP contribution in [0.1, 0.15) is 25.7 Å². The van der Waals surface area contributed by atoms with E-state index in [0.717, 1.165) is 25.7 Å². The van der Waals surface area contributed by atoms with Gasteiger partial charge in [-0.1, -0.05) is 30.2 Å². The van der Waals surface area contributed by atoms with Gasteiger partial charge < -0.3 is 9.84 Å². The zero-order chi connectivity index (χ0) is 10.7. The van der Waals surface area contributed by atoms with Gasteiger partial charge in [-0.2, -0.15) is 0 Å². The van der Waals surface area contributed by atoms with Crippen LogP contribution in [0.25, 0.3) is 0 Å². The molecule has 0 saturated heterocycles. The minimum absolute atomic E-state index is 0.0985. The van der Waals surface area contributed by atoms with Crippen molar-refractivity contribution in [3.05, 3.63) is 29.3 Å². The minimum atomic E-state index is -0.352. The lowest BCUT2D eigenvalue weighted by atomic mass is 9.95. The van der Waals surface area contributed by atoms with Crippen LogP contribution >= 0.6 is 11.6 Å². The highest BCUT2D eigenvalue weighted by Crippen LogP contribution is 2.28. The Morgan fingerprint density at radius 3 is 2.67 bits per heavy atom. The van der Waals surface area contributed by atoms with Crippen LogP contribution in [-0.2, 0) is 0 Å². The monoisotopic (exact) mass is 226 g/mol. The highest BCUT2D eigenvalue weighted by Gasteiger charge is 2.25. The SMILES string of the molecule is O[C@H]1CCCC[C@@H]1Oc1ccccc1Cl. The van der Waals surface area contributed by atoms with Gasteiger partial charge in [0, 0.05) is 0 Å². The first kappa shape index (κ1) is 10.8. The Hall–Kier alpha value is -0.730. The largest absolute Gasteiger partial charge is 0.486 e. The van der Waals surface area contributed by atoms with Gasteiger partial charge in [0.1, 0.15) is 11.9 Å². The molecule has 0 amide bonds. The Labute approximate surface area is 94.8 Å². The number of ether oxygens (including phenoxy) is 1. The topological polar surface area (TPSA) is 29.5 Å². The molecule has 1 N–H and O–H groups in total. The molecule has 2 rings (SSSR count). The van der Waals surface area contributed by atoms with Crippen molar-refractivity contribution >= 4 is 11.6 Å². The van der Waals surface area contributed by atoms with E-state index < -0.39 is 0 Å². The molecule has 1 aromatic carbocycles. The molecule has 0 aromatic heterocycles. The fraction of sp³-hybridized carbons (Fsp3) is 0.500. The van der Waals surface area contributed by atoms with Gasteiger partial charge >= 0.3 is 0 Å². The molecule has 1 saturated carbocycles. The predicted molar refractivity (Wildman–Crippen MR) is 60.3 cm³/mol. The number of benzene rings is 1. The van der Waals surface area contributed by atoms with Gasteiger partial charge in [-0.25, -0.2) is 0 Å². The first-order valence-electron chi connectivity index (χ1n) is 5.36. The molecule has 15 heavy (non-hydrogen) atoms. The number of halogens is 1. The van der Waals surface area contributed by atoms with E-state index in [1.165, 1.54) is 0 Å². The first-order valence-corrected chi connectivity index (χ1v) is 5.74. The summed E-state index contributed by atoms with van der Waals surface area (Å²) in [7, 11) is 0. The molecular formula is C12H15ClO2. The normalized spacial score (nSPS) is 26.3. The van der Waals surface area contributed by atoms with E-state index in [-0.39, 0.29) is 12.2 Å². The van der Waals surface area contributed by atoms with Crippen LogP contribution in [-0.4, -0.2) is 17.3 Å². The maximum atomic E-state index is 9.75. The highest BCUT2D eigenvalue weighted by molar-refractivity contribution is 6.32. The maximum absolute atomic E-state index is 9.75. The van der Waals surface area contributed by atoms with E-state index in [1.807, 2.05) is 18.2 Å². The molecule has 1 aliphatic rings. The second-order valence-corrected chi connectivity index (χ2v) is 4.35. The Bertz CT molecular complexity index is 327. The van der Waals surface area contributed by atoms with E-state index in [2.05, 4.69) is 0 Å². The summed E-state index contributed by atoms with van der Waals surface area (Å²) in [4.78, 5) is 0. The van der Waals surface area contributed by atoms with Crippen molar-refractivity contribution in [2.24, 2.45) is 0 Å². The third-order valence-electron chi connectivity index (χ3n) is 2.78. The molecular weight excluding hydrogens is 212 g/mol. The molecule has 0 heterocycles. The van der Waals surface area contributed by atoms with Crippen LogP contribution in [0, 0.1) is 0 Å². The van der Waals surface area contributed by atoms with E-state index in [9.17, 15) is 5.11 Å². The number of aliphatic hydroxyl groups is 1. The zero-order valence-corrected chi connectivity index (χ0v) is 9.28. The average molecular weight is 227 g/mol. The average Bonchev–Trinajstić information content (AvgIpc) is 2.24. The van der Waals surface area contributed by atoms with Gasteiger partial charge in [0.25, 0.3) is 0 Å².